The molecule has 0 aromatic heterocycles. The summed E-state index contributed by atoms with van der Waals surface area (Å²) in [6.45, 7) is 0.982. The van der Waals surface area contributed by atoms with Gasteiger partial charge in [0.2, 0.25) is 11.6 Å². The Morgan fingerprint density at radius 2 is 1.74 bits per heavy atom. The summed E-state index contributed by atoms with van der Waals surface area (Å²) in [4.78, 5) is 57.2. The second-order valence-electron chi connectivity index (χ2n) is 8.84. The van der Waals surface area contributed by atoms with E-state index in [0.29, 0.717) is 24.3 Å². The van der Waals surface area contributed by atoms with E-state index in [1.54, 1.807) is 34.1 Å². The number of benzene rings is 1. The molecule has 1 aliphatic carbocycles. The van der Waals surface area contributed by atoms with Crippen molar-refractivity contribution in [3.8, 4) is 0 Å². The Labute approximate surface area is 181 Å². The third kappa shape index (κ3) is 3.20. The molecule has 8 heteroatoms. The number of hydrogen-bond donors (Lipinski definition) is 0. The maximum Gasteiger partial charge on any atom is 0.354 e. The monoisotopic (exact) mass is 425 g/mol. The highest BCUT2D eigenvalue weighted by Gasteiger charge is 2.64. The third-order valence-corrected chi connectivity index (χ3v) is 6.82. The maximum atomic E-state index is 13.5. The zero-order chi connectivity index (χ0) is 21.6. The Kier molecular flexibility index (Phi) is 4.95. The van der Waals surface area contributed by atoms with Crippen molar-refractivity contribution < 1.29 is 23.9 Å². The van der Waals surface area contributed by atoms with Crippen molar-refractivity contribution in [2.24, 2.45) is 0 Å². The number of ether oxygens (including phenoxy) is 1. The number of para-hydroxylation sites is 1. The number of nitrogens with zero attached hydrogens (tertiary/aromatic N) is 3. The minimum Gasteiger partial charge on any atom is -0.452 e. The van der Waals surface area contributed by atoms with Crippen LogP contribution in [0.2, 0.25) is 0 Å². The summed E-state index contributed by atoms with van der Waals surface area (Å²) in [6.07, 6.45) is 6.01. The molecular formula is C23H27N3O5. The van der Waals surface area contributed by atoms with Crippen molar-refractivity contribution in [1.82, 2.24) is 9.80 Å². The average molecular weight is 425 g/mol. The summed E-state index contributed by atoms with van der Waals surface area (Å²) in [6, 6.07) is 6.81. The summed E-state index contributed by atoms with van der Waals surface area (Å²) in [5.41, 5.74) is -0.626. The first kappa shape index (κ1) is 20.0. The third-order valence-electron chi connectivity index (χ3n) is 6.82. The lowest BCUT2D eigenvalue weighted by Crippen LogP contribution is -2.69. The molecule has 0 unspecified atom stereocenters. The van der Waals surface area contributed by atoms with Crippen LogP contribution < -0.4 is 4.90 Å². The number of fused-ring (bicyclic) bond motifs is 3. The van der Waals surface area contributed by atoms with Gasteiger partial charge in [0.1, 0.15) is 0 Å². The standard InChI is InChI=1S/C23H27N3O5/c27-19-11-12-23(22(30)31-15-20(28)24-13-5-1-2-6-14-24)25(16-9-10-16)21(29)17-7-3-4-8-18(17)26(19)23/h3-4,7-8,16H,1-2,5-6,9-15H2/t23-/m1/s1. The van der Waals surface area contributed by atoms with E-state index in [1.807, 2.05) is 0 Å². The largest absolute Gasteiger partial charge is 0.452 e. The van der Waals surface area contributed by atoms with E-state index in [-0.39, 0.29) is 43.2 Å². The molecule has 1 aromatic carbocycles. The van der Waals surface area contributed by atoms with Gasteiger partial charge >= 0.3 is 5.97 Å². The van der Waals surface area contributed by atoms with Crippen molar-refractivity contribution in [2.45, 2.75) is 63.1 Å². The van der Waals surface area contributed by atoms with Crippen molar-refractivity contribution in [3.63, 3.8) is 0 Å². The number of anilines is 1. The van der Waals surface area contributed by atoms with Crippen LogP contribution >= 0.6 is 0 Å². The van der Waals surface area contributed by atoms with Gasteiger partial charge in [-0.25, -0.2) is 4.79 Å². The number of likely N-dealkylation sites (tertiary alicyclic amines) is 1. The summed E-state index contributed by atoms with van der Waals surface area (Å²) >= 11 is 0. The zero-order valence-electron chi connectivity index (χ0n) is 17.5. The number of rotatable bonds is 4. The highest BCUT2D eigenvalue weighted by atomic mass is 16.5. The normalized spacial score (nSPS) is 25.7. The van der Waals surface area contributed by atoms with Gasteiger partial charge in [-0.15, -0.1) is 0 Å². The summed E-state index contributed by atoms with van der Waals surface area (Å²) in [5, 5.41) is 0. The number of carbonyl (C=O) groups excluding carboxylic acids is 4. The minimum absolute atomic E-state index is 0.0943. The first-order chi connectivity index (χ1) is 15.0. The van der Waals surface area contributed by atoms with Crippen LogP contribution in [0.4, 0.5) is 5.69 Å². The molecule has 0 spiro atoms. The molecule has 1 atom stereocenters. The smallest absolute Gasteiger partial charge is 0.354 e. The molecule has 0 bridgehead atoms. The highest BCUT2D eigenvalue weighted by molar-refractivity contribution is 6.15. The summed E-state index contributed by atoms with van der Waals surface area (Å²) in [7, 11) is 0. The van der Waals surface area contributed by atoms with E-state index in [1.165, 1.54) is 4.90 Å². The minimum atomic E-state index is -1.50. The van der Waals surface area contributed by atoms with Gasteiger partial charge in [0.25, 0.3) is 11.8 Å². The summed E-state index contributed by atoms with van der Waals surface area (Å²) in [5.74, 6) is -1.36. The number of amides is 3. The van der Waals surface area contributed by atoms with Gasteiger partial charge in [0.15, 0.2) is 6.61 Å². The molecule has 3 heterocycles. The van der Waals surface area contributed by atoms with Crippen molar-refractivity contribution in [3.05, 3.63) is 29.8 Å². The molecule has 5 rings (SSSR count). The van der Waals surface area contributed by atoms with Crippen LogP contribution in [0.25, 0.3) is 0 Å². The van der Waals surface area contributed by atoms with Gasteiger partial charge < -0.3 is 14.5 Å². The second-order valence-corrected chi connectivity index (χ2v) is 8.84. The van der Waals surface area contributed by atoms with Crippen LogP contribution in [0.3, 0.4) is 0 Å². The molecule has 4 aliphatic rings. The Morgan fingerprint density at radius 1 is 1.03 bits per heavy atom. The lowest BCUT2D eigenvalue weighted by Gasteiger charge is -2.48. The fraction of sp³-hybridized carbons (Fsp3) is 0.565. The second kappa shape index (κ2) is 7.66. The van der Waals surface area contributed by atoms with E-state index in [4.69, 9.17) is 4.74 Å². The van der Waals surface area contributed by atoms with Crippen molar-refractivity contribution >= 4 is 29.4 Å². The lowest BCUT2D eigenvalue weighted by atomic mass is 9.96. The predicted octanol–water partition coefficient (Wildman–Crippen LogP) is 2.07. The topological polar surface area (TPSA) is 87.2 Å². The molecule has 1 saturated carbocycles. The average Bonchev–Trinajstić information content (AvgIpc) is 3.58. The molecule has 2 saturated heterocycles. The van der Waals surface area contributed by atoms with Crippen molar-refractivity contribution in [1.29, 1.82) is 0 Å². The zero-order valence-corrected chi connectivity index (χ0v) is 17.5. The molecule has 0 N–H and O–H groups in total. The van der Waals surface area contributed by atoms with E-state index >= 15 is 0 Å². The predicted molar refractivity (Wildman–Crippen MR) is 111 cm³/mol. The van der Waals surface area contributed by atoms with Gasteiger partial charge in [-0.05, 0) is 37.8 Å². The Balaban J connectivity index is 1.44. The van der Waals surface area contributed by atoms with Crippen LogP contribution in [0, 0.1) is 0 Å². The fourth-order valence-electron chi connectivity index (χ4n) is 5.17. The SMILES string of the molecule is O=C(COC(=O)[C@@]12CCC(=O)N1c1ccccc1C(=O)N2C1CC1)N1CCCCCC1. The fourth-order valence-corrected chi connectivity index (χ4v) is 5.17. The molecule has 3 aliphatic heterocycles. The molecule has 1 aromatic rings. The van der Waals surface area contributed by atoms with Crippen LogP contribution in [0.5, 0.6) is 0 Å². The number of hydrogen-bond acceptors (Lipinski definition) is 5. The molecular weight excluding hydrogens is 398 g/mol. The quantitative estimate of drug-likeness (QED) is 0.690. The number of esters is 1. The van der Waals surface area contributed by atoms with Crippen LogP contribution in [-0.4, -0.2) is 64.9 Å². The van der Waals surface area contributed by atoms with E-state index < -0.39 is 11.6 Å². The van der Waals surface area contributed by atoms with E-state index in [9.17, 15) is 19.2 Å². The lowest BCUT2D eigenvalue weighted by molar-refractivity contribution is -0.162. The molecule has 0 radical (unpaired) electrons. The van der Waals surface area contributed by atoms with Gasteiger partial charge in [-0.3, -0.25) is 19.3 Å². The first-order valence-corrected chi connectivity index (χ1v) is 11.2. The van der Waals surface area contributed by atoms with E-state index in [2.05, 4.69) is 0 Å². The highest BCUT2D eigenvalue weighted by Crippen LogP contribution is 2.49. The maximum absolute atomic E-state index is 13.5. The van der Waals surface area contributed by atoms with Gasteiger partial charge in [-0.2, -0.15) is 0 Å². The first-order valence-electron chi connectivity index (χ1n) is 11.2. The van der Waals surface area contributed by atoms with Gasteiger partial charge in [0.05, 0.1) is 11.3 Å². The molecule has 31 heavy (non-hydrogen) atoms. The Morgan fingerprint density at radius 3 is 2.45 bits per heavy atom. The molecule has 3 fully saturated rings. The van der Waals surface area contributed by atoms with Crippen molar-refractivity contribution in [2.75, 3.05) is 24.6 Å². The van der Waals surface area contributed by atoms with Crippen LogP contribution in [-0.2, 0) is 19.1 Å². The van der Waals surface area contributed by atoms with Crippen LogP contribution in [0.15, 0.2) is 24.3 Å². The summed E-state index contributed by atoms with van der Waals surface area (Å²) < 4.78 is 5.54. The Hall–Kier alpha value is -2.90. The molecule has 164 valence electrons. The molecule has 8 nitrogen and oxygen atoms in total. The Bertz CT molecular complexity index is 935. The van der Waals surface area contributed by atoms with Crippen LogP contribution in [0.1, 0.15) is 61.7 Å². The number of carbonyl (C=O) groups is 4. The molecule has 3 amide bonds. The van der Waals surface area contributed by atoms with E-state index in [0.717, 1.165) is 38.5 Å². The van der Waals surface area contributed by atoms with Gasteiger partial charge in [-0.1, -0.05) is 25.0 Å². The van der Waals surface area contributed by atoms with Gasteiger partial charge in [0, 0.05) is 32.0 Å².